The molecule has 0 amide bonds. The third-order valence-electron chi connectivity index (χ3n) is 2.49. The zero-order valence-corrected chi connectivity index (χ0v) is 13.0. The number of benzene rings is 1. The normalized spacial score (nSPS) is 11.8. The van der Waals surface area contributed by atoms with Crippen molar-refractivity contribution in [2.24, 2.45) is 0 Å². The van der Waals surface area contributed by atoms with Gasteiger partial charge < -0.3 is 0 Å². The molecule has 0 spiro atoms. The van der Waals surface area contributed by atoms with Gasteiger partial charge in [-0.05, 0) is 0 Å². The van der Waals surface area contributed by atoms with Crippen molar-refractivity contribution in [2.45, 2.75) is 28.7 Å². The number of hydrogen-bond donors (Lipinski definition) is 0. The fourth-order valence-electron chi connectivity index (χ4n) is 1.78. The Hall–Kier alpha value is 0.236. The first kappa shape index (κ1) is 11.3. The molecule has 13 heavy (non-hydrogen) atoms. The molecule has 0 aromatic heterocycles. The molecule has 0 saturated carbocycles. The second-order valence-electron chi connectivity index (χ2n) is 4.68. The summed E-state index contributed by atoms with van der Waals surface area (Å²) in [6.45, 7) is 4.44. The predicted octanol–water partition coefficient (Wildman–Crippen LogP) is 1.64. The van der Waals surface area contributed by atoms with Crippen LogP contribution in [0, 0.1) is 13.8 Å². The van der Waals surface area contributed by atoms with Gasteiger partial charge in [0.15, 0.2) is 0 Å². The van der Waals surface area contributed by atoms with Crippen LogP contribution < -0.4 is 8.77 Å². The summed E-state index contributed by atoms with van der Waals surface area (Å²) >= 11 is -1.93. The molecule has 1 aromatic carbocycles. The summed E-state index contributed by atoms with van der Waals surface area (Å²) in [6, 6.07) is 4.38. The molecule has 0 unspecified atom stereocenters. The quantitative estimate of drug-likeness (QED) is 0.691. The van der Waals surface area contributed by atoms with Crippen LogP contribution in [0.1, 0.15) is 11.1 Å². The molecular formula is C11H17SiSn. The van der Waals surface area contributed by atoms with Gasteiger partial charge in [-0.3, -0.25) is 0 Å². The van der Waals surface area contributed by atoms with E-state index in [4.69, 9.17) is 0 Å². The Kier molecular flexibility index (Phi) is 3.28. The molecule has 0 aliphatic heterocycles. The first-order valence-electron chi connectivity index (χ1n) is 4.66. The number of hydrogen-bond acceptors (Lipinski definition) is 0. The van der Waals surface area contributed by atoms with Crippen molar-refractivity contribution in [3.05, 3.63) is 23.3 Å². The molecular weight excluding hydrogens is 279 g/mol. The molecule has 0 saturated heterocycles. The summed E-state index contributed by atoms with van der Waals surface area (Å²) in [4.78, 5) is 7.38. The minimum absolute atomic E-state index is 1.31. The van der Waals surface area contributed by atoms with Crippen LogP contribution in [0.3, 0.4) is 0 Å². The van der Waals surface area contributed by atoms with E-state index in [1.165, 1.54) is 16.3 Å². The van der Waals surface area contributed by atoms with E-state index in [1.807, 2.05) is 0 Å². The van der Waals surface area contributed by atoms with Gasteiger partial charge in [-0.15, -0.1) is 0 Å². The van der Waals surface area contributed by atoms with E-state index in [0.29, 0.717) is 0 Å². The first-order valence-corrected chi connectivity index (χ1v) is 15.2. The maximum absolute atomic E-state index is 3.72. The SMILES string of the molecule is Cc1ccc([Si])[c]([Sn]([CH3])([CH3])[CH3])c1C. The van der Waals surface area contributed by atoms with E-state index in [1.54, 1.807) is 3.58 Å². The summed E-state index contributed by atoms with van der Waals surface area (Å²) in [7, 11) is 3.72. The third-order valence-corrected chi connectivity index (χ3v) is 9.74. The predicted molar refractivity (Wildman–Crippen MR) is 64.3 cm³/mol. The molecule has 0 bridgehead atoms. The van der Waals surface area contributed by atoms with Crippen LogP contribution in [-0.2, 0) is 0 Å². The standard InChI is InChI=1S/C8H8Si.3CH3.Sn/c1-6-3-4-8(9)5-7(6)2;;;;/h3-4H,1-2H3;3*1H3;. The molecule has 3 radical (unpaired) electrons. The van der Waals surface area contributed by atoms with E-state index in [2.05, 4.69) is 51.0 Å². The zero-order chi connectivity index (χ0) is 10.2. The molecule has 0 atom stereocenters. The summed E-state index contributed by atoms with van der Waals surface area (Å²) < 4.78 is 1.63. The molecule has 69 valence electrons. The second-order valence-corrected chi connectivity index (χ2v) is 19.5. The molecule has 2 heteroatoms. The average Bonchev–Trinajstić information content (AvgIpc) is 1.95. The van der Waals surface area contributed by atoms with Crippen molar-refractivity contribution < 1.29 is 0 Å². The van der Waals surface area contributed by atoms with Gasteiger partial charge in [-0.1, -0.05) is 0 Å². The summed E-state index contributed by atoms with van der Waals surface area (Å²) in [6.07, 6.45) is 0. The monoisotopic (exact) mass is 297 g/mol. The van der Waals surface area contributed by atoms with Gasteiger partial charge in [0, 0.05) is 0 Å². The van der Waals surface area contributed by atoms with Gasteiger partial charge >= 0.3 is 89.3 Å². The molecule has 0 fully saturated rings. The van der Waals surface area contributed by atoms with Gasteiger partial charge in [0.1, 0.15) is 0 Å². The molecule has 1 rings (SSSR count). The fourth-order valence-corrected chi connectivity index (χ4v) is 10.9. The van der Waals surface area contributed by atoms with Crippen molar-refractivity contribution in [1.82, 2.24) is 0 Å². The Morgan fingerprint density at radius 3 is 2.00 bits per heavy atom. The molecule has 0 nitrogen and oxygen atoms in total. The van der Waals surface area contributed by atoms with Gasteiger partial charge in [0.05, 0.1) is 0 Å². The summed E-state index contributed by atoms with van der Waals surface area (Å²) in [5, 5.41) is 1.31. The van der Waals surface area contributed by atoms with Gasteiger partial charge in [0.25, 0.3) is 0 Å². The Labute approximate surface area is 89.0 Å². The van der Waals surface area contributed by atoms with Gasteiger partial charge in [0.2, 0.25) is 0 Å². The third kappa shape index (κ3) is 2.37. The minimum atomic E-state index is -1.93. The molecule has 0 aliphatic rings. The Morgan fingerprint density at radius 2 is 1.62 bits per heavy atom. The van der Waals surface area contributed by atoms with E-state index >= 15 is 0 Å². The topological polar surface area (TPSA) is 0 Å². The first-order chi connectivity index (χ1) is 5.84. The second kappa shape index (κ2) is 3.77. The van der Waals surface area contributed by atoms with Gasteiger partial charge in [-0.2, -0.15) is 0 Å². The van der Waals surface area contributed by atoms with Crippen LogP contribution in [0.25, 0.3) is 0 Å². The van der Waals surface area contributed by atoms with E-state index < -0.39 is 18.4 Å². The molecule has 0 heterocycles. The van der Waals surface area contributed by atoms with Crippen molar-refractivity contribution in [3.63, 3.8) is 0 Å². The number of aryl methyl sites for hydroxylation is 1. The van der Waals surface area contributed by atoms with Crippen molar-refractivity contribution in [2.75, 3.05) is 0 Å². The van der Waals surface area contributed by atoms with Crippen molar-refractivity contribution in [3.8, 4) is 0 Å². The van der Waals surface area contributed by atoms with Crippen LogP contribution in [0.4, 0.5) is 0 Å². The van der Waals surface area contributed by atoms with Gasteiger partial charge in [-0.25, -0.2) is 0 Å². The van der Waals surface area contributed by atoms with Crippen LogP contribution in [0.2, 0.25) is 14.8 Å². The van der Waals surface area contributed by atoms with Crippen LogP contribution >= 0.6 is 0 Å². The fraction of sp³-hybridized carbons (Fsp3) is 0.455. The zero-order valence-electron chi connectivity index (χ0n) is 9.15. The number of rotatable bonds is 1. The van der Waals surface area contributed by atoms with E-state index in [-0.39, 0.29) is 0 Å². The van der Waals surface area contributed by atoms with Crippen LogP contribution in [0.15, 0.2) is 12.1 Å². The van der Waals surface area contributed by atoms with Crippen LogP contribution in [0.5, 0.6) is 0 Å². The van der Waals surface area contributed by atoms with Crippen LogP contribution in [-0.4, -0.2) is 28.6 Å². The van der Waals surface area contributed by atoms with E-state index in [9.17, 15) is 0 Å². The molecule has 1 aromatic rings. The van der Waals surface area contributed by atoms with Crippen molar-refractivity contribution in [1.29, 1.82) is 0 Å². The van der Waals surface area contributed by atoms with Crippen molar-refractivity contribution >= 4 is 37.4 Å². The molecule has 0 N–H and O–H groups in total. The summed E-state index contributed by atoms with van der Waals surface area (Å²) in [5.41, 5.74) is 2.92. The van der Waals surface area contributed by atoms with E-state index in [0.717, 1.165) is 0 Å². The Balaban J connectivity index is 3.43. The average molecular weight is 296 g/mol. The summed E-state index contributed by atoms with van der Waals surface area (Å²) in [5.74, 6) is 0. The maximum atomic E-state index is 3.72. The Bertz CT molecular complexity index is 324. The molecule has 0 aliphatic carbocycles. The Morgan fingerprint density at radius 1 is 1.08 bits per heavy atom.